The summed E-state index contributed by atoms with van der Waals surface area (Å²) in [6, 6.07) is 11.8. The minimum Gasteiger partial charge on any atom is -0.387 e. The van der Waals surface area contributed by atoms with Crippen LogP contribution in [-0.2, 0) is 0 Å². The van der Waals surface area contributed by atoms with Gasteiger partial charge in [-0.2, -0.15) is 0 Å². The molecule has 0 saturated carbocycles. The number of aliphatic hydroxyl groups excluding tert-OH is 1. The van der Waals surface area contributed by atoms with E-state index in [1.165, 1.54) is 5.56 Å². The van der Waals surface area contributed by atoms with E-state index < -0.39 is 6.10 Å². The molecule has 0 radical (unpaired) electrons. The molecule has 1 unspecified atom stereocenters. The molecule has 0 saturated heterocycles. The van der Waals surface area contributed by atoms with E-state index in [-0.39, 0.29) is 0 Å². The highest BCUT2D eigenvalue weighted by Crippen LogP contribution is 2.26. The first-order valence-electron chi connectivity index (χ1n) is 5.75. The monoisotopic (exact) mass is 260 g/mol. The highest BCUT2D eigenvalue weighted by molar-refractivity contribution is 7.99. The van der Waals surface area contributed by atoms with E-state index in [1.807, 2.05) is 6.07 Å². The van der Waals surface area contributed by atoms with Crippen LogP contribution in [0.3, 0.4) is 0 Å². The average Bonchev–Trinajstić information content (AvgIpc) is 2.38. The van der Waals surface area contributed by atoms with E-state index >= 15 is 0 Å². The zero-order valence-electron chi connectivity index (χ0n) is 10.2. The number of thioether (sulfide) groups is 1. The Hall–Kier alpha value is -1.52. The molecule has 2 rings (SSSR count). The molecule has 2 aromatic rings. The molecule has 0 aliphatic heterocycles. The van der Waals surface area contributed by atoms with E-state index in [4.69, 9.17) is 5.73 Å². The average molecular weight is 260 g/mol. The smallest absolute Gasteiger partial charge is 0.129 e. The maximum Gasteiger partial charge on any atom is 0.129 e. The molecule has 1 aromatic heterocycles. The maximum atomic E-state index is 10.1. The molecule has 18 heavy (non-hydrogen) atoms. The third-order valence-electron chi connectivity index (χ3n) is 2.66. The third kappa shape index (κ3) is 3.24. The molecule has 0 fully saturated rings. The normalized spacial score (nSPS) is 12.3. The lowest BCUT2D eigenvalue weighted by atomic mass is 10.2. The molecule has 0 aliphatic carbocycles. The molecule has 0 spiro atoms. The summed E-state index contributed by atoms with van der Waals surface area (Å²) in [4.78, 5) is 5.12. The number of rotatable bonds is 4. The van der Waals surface area contributed by atoms with Crippen molar-refractivity contribution in [2.24, 2.45) is 0 Å². The van der Waals surface area contributed by atoms with E-state index in [0.717, 1.165) is 4.90 Å². The first kappa shape index (κ1) is 12.9. The Balaban J connectivity index is 1.98. The van der Waals surface area contributed by atoms with E-state index in [9.17, 15) is 5.11 Å². The number of anilines is 1. The summed E-state index contributed by atoms with van der Waals surface area (Å²) in [6.07, 6.45) is 1.03. The van der Waals surface area contributed by atoms with Crippen LogP contribution in [0, 0.1) is 6.92 Å². The lowest BCUT2D eigenvalue weighted by Gasteiger charge is -2.12. The predicted octanol–water partition coefficient (Wildman–Crippen LogP) is 2.80. The van der Waals surface area contributed by atoms with Gasteiger partial charge < -0.3 is 10.8 Å². The number of nitrogens with zero attached hydrogens (tertiary/aromatic N) is 1. The molecule has 1 aromatic carbocycles. The topological polar surface area (TPSA) is 59.1 Å². The molecule has 3 N–H and O–H groups in total. The van der Waals surface area contributed by atoms with Crippen LogP contribution in [0.2, 0.25) is 0 Å². The molecule has 1 atom stereocenters. The van der Waals surface area contributed by atoms with Crippen LogP contribution in [0.25, 0.3) is 0 Å². The third-order valence-corrected chi connectivity index (χ3v) is 3.75. The van der Waals surface area contributed by atoms with Crippen molar-refractivity contribution in [3.8, 4) is 0 Å². The van der Waals surface area contributed by atoms with Crippen molar-refractivity contribution in [1.29, 1.82) is 0 Å². The molecule has 94 valence electrons. The van der Waals surface area contributed by atoms with Crippen molar-refractivity contribution in [2.45, 2.75) is 17.9 Å². The highest BCUT2D eigenvalue weighted by Gasteiger charge is 2.11. The summed E-state index contributed by atoms with van der Waals surface area (Å²) in [7, 11) is 0. The molecule has 1 heterocycles. The first-order valence-corrected chi connectivity index (χ1v) is 6.73. The number of nitrogens with two attached hydrogens (primary N) is 1. The Labute approximate surface area is 111 Å². The molecular formula is C14H16N2OS. The zero-order chi connectivity index (χ0) is 13.0. The number of aryl methyl sites for hydroxylation is 1. The van der Waals surface area contributed by atoms with Crippen LogP contribution >= 0.6 is 11.8 Å². The van der Waals surface area contributed by atoms with Crippen molar-refractivity contribution in [2.75, 3.05) is 11.5 Å². The number of benzene rings is 1. The van der Waals surface area contributed by atoms with Crippen LogP contribution in [0.15, 0.2) is 47.5 Å². The molecule has 3 nitrogen and oxygen atoms in total. The summed E-state index contributed by atoms with van der Waals surface area (Å²) in [5.41, 5.74) is 7.65. The van der Waals surface area contributed by atoms with E-state index in [0.29, 0.717) is 17.1 Å². The van der Waals surface area contributed by atoms with Gasteiger partial charge in [0.2, 0.25) is 0 Å². The standard InChI is InChI=1S/C14H16N2OS/c1-10-4-6-11(7-5-10)18-9-13(17)12-3-2-8-16-14(12)15/h2-8,13,17H,9H2,1H3,(H2,15,16). The second-order valence-corrected chi connectivity index (χ2v) is 5.21. The van der Waals surface area contributed by atoms with Gasteiger partial charge in [0, 0.05) is 22.4 Å². The summed E-state index contributed by atoms with van der Waals surface area (Å²) in [5, 5.41) is 10.1. The Morgan fingerprint density at radius 3 is 2.67 bits per heavy atom. The zero-order valence-corrected chi connectivity index (χ0v) is 11.0. The summed E-state index contributed by atoms with van der Waals surface area (Å²) >= 11 is 1.61. The number of aromatic nitrogens is 1. The van der Waals surface area contributed by atoms with Gasteiger partial charge in [-0.3, -0.25) is 0 Å². The Bertz CT molecular complexity index is 513. The Kier molecular flexibility index (Phi) is 4.23. The minimum absolute atomic E-state index is 0.398. The van der Waals surface area contributed by atoms with Crippen molar-refractivity contribution in [3.63, 3.8) is 0 Å². The number of hydrogen-bond donors (Lipinski definition) is 2. The lowest BCUT2D eigenvalue weighted by molar-refractivity contribution is 0.204. The van der Waals surface area contributed by atoms with E-state index in [1.54, 1.807) is 24.0 Å². The first-order chi connectivity index (χ1) is 8.66. The second-order valence-electron chi connectivity index (χ2n) is 4.12. The van der Waals surface area contributed by atoms with Gasteiger partial charge in [0.15, 0.2) is 0 Å². The highest BCUT2D eigenvalue weighted by atomic mass is 32.2. The van der Waals surface area contributed by atoms with Crippen LogP contribution < -0.4 is 5.73 Å². The molecule has 4 heteroatoms. The maximum absolute atomic E-state index is 10.1. The van der Waals surface area contributed by atoms with Gasteiger partial charge in [-0.1, -0.05) is 23.8 Å². The van der Waals surface area contributed by atoms with Crippen molar-refractivity contribution < 1.29 is 5.11 Å². The number of nitrogen functional groups attached to an aromatic ring is 1. The largest absolute Gasteiger partial charge is 0.387 e. The van der Waals surface area contributed by atoms with Gasteiger partial charge in [0.05, 0.1) is 6.10 Å². The van der Waals surface area contributed by atoms with Gasteiger partial charge in [0.25, 0.3) is 0 Å². The molecule has 0 amide bonds. The van der Waals surface area contributed by atoms with Crippen molar-refractivity contribution in [3.05, 3.63) is 53.7 Å². The van der Waals surface area contributed by atoms with Gasteiger partial charge in [-0.15, -0.1) is 11.8 Å². The SMILES string of the molecule is Cc1ccc(SCC(O)c2cccnc2N)cc1. The van der Waals surface area contributed by atoms with Gasteiger partial charge in [0.1, 0.15) is 5.82 Å². The van der Waals surface area contributed by atoms with Crippen LogP contribution in [0.5, 0.6) is 0 Å². The second kappa shape index (κ2) is 5.89. The van der Waals surface area contributed by atoms with Crippen LogP contribution in [-0.4, -0.2) is 15.8 Å². The fourth-order valence-electron chi connectivity index (χ4n) is 1.61. The summed E-state index contributed by atoms with van der Waals surface area (Å²) in [6.45, 7) is 2.06. The fourth-order valence-corrected chi connectivity index (χ4v) is 2.47. The Morgan fingerprint density at radius 2 is 2.00 bits per heavy atom. The summed E-state index contributed by atoms with van der Waals surface area (Å²) < 4.78 is 0. The van der Waals surface area contributed by atoms with E-state index in [2.05, 4.69) is 36.2 Å². The van der Waals surface area contributed by atoms with Crippen LogP contribution in [0.1, 0.15) is 17.2 Å². The predicted molar refractivity (Wildman–Crippen MR) is 75.5 cm³/mol. The molecule has 0 aliphatic rings. The lowest BCUT2D eigenvalue weighted by Crippen LogP contribution is -2.05. The van der Waals surface area contributed by atoms with Gasteiger partial charge >= 0.3 is 0 Å². The number of pyridine rings is 1. The van der Waals surface area contributed by atoms with Crippen molar-refractivity contribution in [1.82, 2.24) is 4.98 Å². The fraction of sp³-hybridized carbons (Fsp3) is 0.214. The quantitative estimate of drug-likeness (QED) is 0.830. The number of hydrogen-bond acceptors (Lipinski definition) is 4. The number of aliphatic hydroxyl groups is 1. The molecular weight excluding hydrogens is 244 g/mol. The van der Waals surface area contributed by atoms with Crippen molar-refractivity contribution >= 4 is 17.6 Å². The minimum atomic E-state index is -0.593. The van der Waals surface area contributed by atoms with Gasteiger partial charge in [-0.05, 0) is 25.1 Å². The summed E-state index contributed by atoms with van der Waals surface area (Å²) in [5.74, 6) is 0.966. The van der Waals surface area contributed by atoms with Crippen LogP contribution in [0.4, 0.5) is 5.82 Å². The van der Waals surface area contributed by atoms with Gasteiger partial charge in [-0.25, -0.2) is 4.98 Å². The molecule has 0 bridgehead atoms. The Morgan fingerprint density at radius 1 is 1.28 bits per heavy atom.